The largest absolute Gasteiger partial charge is 0.470 e. The molecule has 1 amide bonds. The maximum absolute atomic E-state index is 12.8. The third-order valence-electron chi connectivity index (χ3n) is 4.89. The molecule has 11 heteroatoms. The third-order valence-corrected chi connectivity index (χ3v) is 4.89. The molecule has 166 valence electrons. The second-order valence-electron chi connectivity index (χ2n) is 7.19. The molecule has 0 bridgehead atoms. The van der Waals surface area contributed by atoms with Crippen molar-refractivity contribution < 1.29 is 18.3 Å². The Balaban J connectivity index is 1.66. The first-order valence-corrected chi connectivity index (χ1v) is 9.64. The number of anilines is 2. The number of nitrogens with zero attached hydrogens (tertiary/aromatic N) is 4. The lowest BCUT2D eigenvalue weighted by Gasteiger charge is -2.33. The number of ether oxygens (including phenoxy) is 1. The Morgan fingerprint density at radius 1 is 1.29 bits per heavy atom. The van der Waals surface area contributed by atoms with Gasteiger partial charge in [0.15, 0.2) is 5.82 Å². The first-order valence-electron chi connectivity index (χ1n) is 9.64. The highest BCUT2D eigenvalue weighted by atomic mass is 19.3. The molecule has 2 heterocycles. The zero-order valence-corrected chi connectivity index (χ0v) is 17.3. The van der Waals surface area contributed by atoms with Crippen LogP contribution >= 0.6 is 0 Å². The average Bonchev–Trinajstić information content (AvgIpc) is 2.75. The number of amides is 1. The van der Waals surface area contributed by atoms with Crippen LogP contribution in [0.5, 0.6) is 5.88 Å². The molecule has 1 atom stereocenters. The monoisotopic (exact) mass is 433 g/mol. The number of carbonyl (C=O) groups is 1. The van der Waals surface area contributed by atoms with E-state index in [2.05, 4.69) is 15.5 Å². The predicted molar refractivity (Wildman–Crippen MR) is 112 cm³/mol. The third kappa shape index (κ3) is 5.37. The van der Waals surface area contributed by atoms with Crippen LogP contribution in [0.4, 0.5) is 20.3 Å². The van der Waals surface area contributed by atoms with Crippen LogP contribution in [0, 0.1) is 0 Å². The molecule has 3 rings (SSSR count). The number of alkyl halides is 2. The number of piperazine rings is 1. The van der Waals surface area contributed by atoms with E-state index in [4.69, 9.17) is 16.3 Å². The Morgan fingerprint density at radius 3 is 2.58 bits per heavy atom. The fraction of sp³-hybridized carbons (Fsp3) is 0.350. The van der Waals surface area contributed by atoms with Gasteiger partial charge in [0.05, 0.1) is 17.9 Å². The second-order valence-corrected chi connectivity index (χ2v) is 7.19. The average molecular weight is 433 g/mol. The molecule has 9 nitrogen and oxygen atoms in total. The zero-order valence-electron chi connectivity index (χ0n) is 17.3. The van der Waals surface area contributed by atoms with Crippen LogP contribution in [-0.4, -0.2) is 41.8 Å². The van der Waals surface area contributed by atoms with Gasteiger partial charge in [0.2, 0.25) is 11.8 Å². The van der Waals surface area contributed by atoms with E-state index in [0.717, 1.165) is 0 Å². The summed E-state index contributed by atoms with van der Waals surface area (Å²) in [4.78, 5) is 13.5. The molecule has 31 heavy (non-hydrogen) atoms. The van der Waals surface area contributed by atoms with E-state index >= 15 is 0 Å². The minimum Gasteiger partial charge on any atom is -0.470 e. The summed E-state index contributed by atoms with van der Waals surface area (Å²) in [6, 6.07) is 9.02. The Labute approximate surface area is 178 Å². The van der Waals surface area contributed by atoms with Gasteiger partial charge in [-0.05, 0) is 32.0 Å². The van der Waals surface area contributed by atoms with Crippen LogP contribution in [0.1, 0.15) is 25.8 Å². The van der Waals surface area contributed by atoms with Crippen LogP contribution in [0.3, 0.4) is 0 Å². The highest BCUT2D eigenvalue weighted by Gasteiger charge is 2.24. The number of hydrazine groups is 1. The summed E-state index contributed by atoms with van der Waals surface area (Å²) >= 11 is 0. The lowest BCUT2D eigenvalue weighted by molar-refractivity contribution is -0.120. The topological polar surface area (TPSA) is 123 Å². The van der Waals surface area contributed by atoms with Crippen molar-refractivity contribution in [3.05, 3.63) is 53.4 Å². The van der Waals surface area contributed by atoms with Gasteiger partial charge < -0.3 is 20.7 Å². The molecular formula is C20H25F2N7O2. The van der Waals surface area contributed by atoms with Crippen LogP contribution in [0.25, 0.3) is 0 Å². The fourth-order valence-electron chi connectivity index (χ4n) is 3.04. The lowest BCUT2D eigenvalue weighted by Crippen LogP contribution is -2.53. The molecule has 1 aliphatic heterocycles. The van der Waals surface area contributed by atoms with Crippen LogP contribution in [0.2, 0.25) is 0 Å². The molecule has 1 unspecified atom stereocenters. The molecule has 1 fully saturated rings. The van der Waals surface area contributed by atoms with Crippen molar-refractivity contribution in [2.24, 2.45) is 11.6 Å². The van der Waals surface area contributed by atoms with Crippen molar-refractivity contribution >= 4 is 17.4 Å². The van der Waals surface area contributed by atoms with Gasteiger partial charge in [-0.25, -0.2) is 14.6 Å². The maximum Gasteiger partial charge on any atom is 0.263 e. The van der Waals surface area contributed by atoms with Crippen LogP contribution in [0.15, 0.2) is 47.8 Å². The summed E-state index contributed by atoms with van der Waals surface area (Å²) in [6.45, 7) is 4.38. The highest BCUT2D eigenvalue weighted by molar-refractivity contribution is 5.82. The summed E-state index contributed by atoms with van der Waals surface area (Å²) in [5.74, 6) is 6.87. The smallest absolute Gasteiger partial charge is 0.263 e. The maximum atomic E-state index is 12.8. The normalized spacial score (nSPS) is 17.3. The number of nitrogens with one attached hydrogen (secondary N) is 1. The number of allylic oxidation sites excluding steroid dienone is 1. The molecule has 2 aromatic rings. The van der Waals surface area contributed by atoms with Gasteiger partial charge in [-0.3, -0.25) is 9.80 Å². The van der Waals surface area contributed by atoms with E-state index < -0.39 is 6.43 Å². The van der Waals surface area contributed by atoms with E-state index in [0.29, 0.717) is 29.4 Å². The SMILES string of the molecule is C/C(N)=C(\COc1ccc(N2CC(=O)NCC2C)nn1)N(N)c1ccc(C(F)F)cc1. The van der Waals surface area contributed by atoms with Gasteiger partial charge in [0.25, 0.3) is 6.43 Å². The van der Waals surface area contributed by atoms with E-state index in [1.807, 2.05) is 11.8 Å². The summed E-state index contributed by atoms with van der Waals surface area (Å²) in [7, 11) is 0. The van der Waals surface area contributed by atoms with Crippen LogP contribution < -0.4 is 31.5 Å². The van der Waals surface area contributed by atoms with Gasteiger partial charge in [0.1, 0.15) is 6.61 Å². The van der Waals surface area contributed by atoms with Crippen molar-refractivity contribution in [1.82, 2.24) is 15.5 Å². The number of hydrogen-bond acceptors (Lipinski definition) is 8. The summed E-state index contributed by atoms with van der Waals surface area (Å²) in [5, 5.41) is 12.3. The number of halogens is 2. The number of aromatic nitrogens is 2. The minimum absolute atomic E-state index is 0.00795. The summed E-state index contributed by atoms with van der Waals surface area (Å²) in [5.41, 5.74) is 7.17. The number of rotatable bonds is 7. The Bertz CT molecular complexity index is 932. The number of hydrogen-bond donors (Lipinski definition) is 3. The summed E-state index contributed by atoms with van der Waals surface area (Å²) in [6.07, 6.45) is -2.56. The van der Waals surface area contributed by atoms with E-state index in [-0.39, 0.29) is 36.5 Å². The van der Waals surface area contributed by atoms with Crippen molar-refractivity contribution in [2.45, 2.75) is 26.3 Å². The van der Waals surface area contributed by atoms with Gasteiger partial charge in [-0.2, -0.15) is 0 Å². The van der Waals surface area contributed by atoms with Crippen molar-refractivity contribution in [3.63, 3.8) is 0 Å². The highest BCUT2D eigenvalue weighted by Crippen LogP contribution is 2.24. The predicted octanol–water partition coefficient (Wildman–Crippen LogP) is 1.69. The minimum atomic E-state index is -2.56. The molecule has 0 aliphatic carbocycles. The Kier molecular flexibility index (Phi) is 6.85. The van der Waals surface area contributed by atoms with Gasteiger partial charge in [0, 0.05) is 29.9 Å². The standard InChI is InChI=1S/C20H25F2N7O2/c1-12-9-25-18(30)10-28(12)17-7-8-19(27-26-17)31-11-16(13(2)23)29(24)15-5-3-14(4-6-15)20(21)22/h3-8,12,20H,9-11,23-24H2,1-2H3,(H,25,30)/b16-13-. The second kappa shape index (κ2) is 9.56. The number of nitrogens with two attached hydrogens (primary N) is 2. The molecule has 1 aromatic carbocycles. The molecule has 5 N–H and O–H groups in total. The van der Waals surface area contributed by atoms with Gasteiger partial charge >= 0.3 is 0 Å². The first kappa shape index (κ1) is 22.2. The van der Waals surface area contributed by atoms with Gasteiger partial charge in [-0.15, -0.1) is 10.2 Å². The molecule has 1 saturated heterocycles. The molecule has 0 saturated carbocycles. The van der Waals surface area contributed by atoms with E-state index in [9.17, 15) is 13.6 Å². The molecule has 1 aromatic heterocycles. The Morgan fingerprint density at radius 2 is 2.00 bits per heavy atom. The number of benzene rings is 1. The lowest BCUT2D eigenvalue weighted by atomic mass is 10.2. The van der Waals surface area contributed by atoms with Crippen LogP contribution in [-0.2, 0) is 4.79 Å². The van der Waals surface area contributed by atoms with E-state index in [1.54, 1.807) is 19.1 Å². The van der Waals surface area contributed by atoms with Crippen molar-refractivity contribution in [1.29, 1.82) is 0 Å². The zero-order chi connectivity index (χ0) is 22.5. The summed E-state index contributed by atoms with van der Waals surface area (Å²) < 4.78 is 31.2. The molecule has 0 spiro atoms. The Hall–Kier alpha value is -3.47. The number of carbonyl (C=O) groups excluding carboxylic acids is 1. The fourth-order valence-corrected chi connectivity index (χ4v) is 3.04. The molecular weight excluding hydrogens is 408 g/mol. The molecule has 1 aliphatic rings. The van der Waals surface area contributed by atoms with Gasteiger partial charge in [-0.1, -0.05) is 12.1 Å². The molecule has 0 radical (unpaired) electrons. The van der Waals surface area contributed by atoms with Crippen molar-refractivity contribution in [2.75, 3.05) is 29.6 Å². The van der Waals surface area contributed by atoms with E-state index in [1.165, 1.54) is 29.3 Å². The quantitative estimate of drug-likeness (QED) is 0.445. The van der Waals surface area contributed by atoms with Crippen molar-refractivity contribution in [3.8, 4) is 5.88 Å². The first-order chi connectivity index (χ1) is 14.8.